The third kappa shape index (κ3) is 6.52. The molecule has 3 aromatic rings. The fraction of sp³-hybridized carbons (Fsp3) is 0.414. The molecule has 4 rings (SSSR count). The van der Waals surface area contributed by atoms with Gasteiger partial charge in [0.15, 0.2) is 0 Å². The van der Waals surface area contributed by atoms with Crippen molar-refractivity contribution in [2.75, 3.05) is 13.1 Å². The van der Waals surface area contributed by atoms with Crippen LogP contribution >= 0.6 is 11.6 Å². The molecule has 1 aliphatic heterocycles. The lowest BCUT2D eigenvalue weighted by Gasteiger charge is -2.34. The van der Waals surface area contributed by atoms with Crippen molar-refractivity contribution in [1.82, 2.24) is 20.0 Å². The summed E-state index contributed by atoms with van der Waals surface area (Å²) in [5.74, 6) is -0.116. The molecule has 2 aromatic carbocycles. The van der Waals surface area contributed by atoms with Crippen LogP contribution in [0.1, 0.15) is 72.3 Å². The van der Waals surface area contributed by atoms with Crippen LogP contribution in [0.2, 0.25) is 5.02 Å². The molecule has 1 aromatic heterocycles. The summed E-state index contributed by atoms with van der Waals surface area (Å²) >= 11 is 6.11. The van der Waals surface area contributed by atoms with Crippen LogP contribution in [-0.4, -0.2) is 45.4 Å². The number of carbonyl (C=O) groups is 2. The van der Waals surface area contributed by atoms with Crippen molar-refractivity contribution >= 4 is 23.6 Å². The third-order valence-electron chi connectivity index (χ3n) is 6.51. The van der Waals surface area contributed by atoms with Crippen LogP contribution in [0.15, 0.2) is 48.7 Å². The Hall–Kier alpha value is -3.32. The predicted octanol–water partition coefficient (Wildman–Crippen LogP) is 6.19. The van der Waals surface area contributed by atoms with Crippen molar-refractivity contribution in [3.05, 3.63) is 81.6 Å². The van der Waals surface area contributed by atoms with Gasteiger partial charge in [0.1, 0.15) is 5.60 Å². The first-order valence-electron chi connectivity index (χ1n) is 12.7. The number of piperidine rings is 1. The smallest absolute Gasteiger partial charge is 0.410 e. The summed E-state index contributed by atoms with van der Waals surface area (Å²) in [4.78, 5) is 27.7. The van der Waals surface area contributed by atoms with E-state index in [2.05, 4.69) is 36.4 Å². The zero-order chi connectivity index (χ0) is 26.7. The quantitative estimate of drug-likeness (QED) is 0.433. The molecule has 0 aliphatic carbocycles. The number of carbonyl (C=O) groups excluding carboxylic acids is 2. The van der Waals surface area contributed by atoms with Gasteiger partial charge < -0.3 is 15.0 Å². The van der Waals surface area contributed by atoms with E-state index in [-0.39, 0.29) is 17.9 Å². The van der Waals surface area contributed by atoms with Crippen molar-refractivity contribution in [3.8, 4) is 5.69 Å². The highest BCUT2D eigenvalue weighted by atomic mass is 35.5. The lowest BCUT2D eigenvalue weighted by molar-refractivity contribution is 0.0203. The SMILES string of the molecule is Cc1ccc(-n2ncc(C(=O)NCc3cccc(Cl)c3)c2C2CCN(C(=O)OC(C)(C)C)CC2)c(C)c1. The molecular weight excluding hydrogens is 488 g/mol. The Labute approximate surface area is 223 Å². The molecule has 37 heavy (non-hydrogen) atoms. The van der Waals surface area contributed by atoms with Crippen molar-refractivity contribution < 1.29 is 14.3 Å². The second-order valence-electron chi connectivity index (χ2n) is 10.7. The Morgan fingerprint density at radius 1 is 1.11 bits per heavy atom. The Morgan fingerprint density at radius 3 is 2.49 bits per heavy atom. The van der Waals surface area contributed by atoms with Gasteiger partial charge in [0, 0.05) is 30.6 Å². The summed E-state index contributed by atoms with van der Waals surface area (Å²) in [5.41, 5.74) is 5.02. The van der Waals surface area contributed by atoms with Crippen LogP contribution in [0.4, 0.5) is 4.79 Å². The molecule has 1 fully saturated rings. The molecule has 8 heteroatoms. The molecule has 1 aliphatic rings. The first-order chi connectivity index (χ1) is 17.5. The average Bonchev–Trinajstić information content (AvgIpc) is 3.26. The first kappa shape index (κ1) is 26.7. The highest BCUT2D eigenvalue weighted by molar-refractivity contribution is 6.30. The van der Waals surface area contributed by atoms with Crippen LogP contribution in [-0.2, 0) is 11.3 Å². The van der Waals surface area contributed by atoms with Crippen molar-refractivity contribution in [2.24, 2.45) is 0 Å². The van der Waals surface area contributed by atoms with Crippen molar-refractivity contribution in [1.29, 1.82) is 0 Å². The number of hydrogen-bond acceptors (Lipinski definition) is 4. The second kappa shape index (κ2) is 11.0. The van der Waals surface area contributed by atoms with E-state index in [1.54, 1.807) is 11.1 Å². The molecule has 0 unspecified atom stereocenters. The van der Waals surface area contributed by atoms with E-state index >= 15 is 0 Å². The van der Waals surface area contributed by atoms with E-state index in [0.717, 1.165) is 22.5 Å². The molecule has 196 valence electrons. The minimum absolute atomic E-state index is 0.0637. The molecule has 0 spiro atoms. The third-order valence-corrected chi connectivity index (χ3v) is 6.74. The molecule has 1 saturated heterocycles. The molecule has 0 saturated carbocycles. The summed E-state index contributed by atoms with van der Waals surface area (Å²) in [6.07, 6.45) is 2.78. The van der Waals surface area contributed by atoms with E-state index in [1.807, 2.05) is 55.8 Å². The van der Waals surface area contributed by atoms with E-state index in [9.17, 15) is 9.59 Å². The molecule has 7 nitrogen and oxygen atoms in total. The monoisotopic (exact) mass is 522 g/mol. The maximum absolute atomic E-state index is 13.4. The minimum Gasteiger partial charge on any atom is -0.444 e. The zero-order valence-electron chi connectivity index (χ0n) is 22.2. The number of rotatable bonds is 5. The fourth-order valence-electron chi connectivity index (χ4n) is 4.75. The number of ether oxygens (including phenoxy) is 1. The lowest BCUT2D eigenvalue weighted by Crippen LogP contribution is -2.41. The number of hydrogen-bond donors (Lipinski definition) is 1. The molecular formula is C29H35ClN4O3. The maximum Gasteiger partial charge on any atom is 0.410 e. The Kier molecular flexibility index (Phi) is 7.93. The zero-order valence-corrected chi connectivity index (χ0v) is 22.9. The van der Waals surface area contributed by atoms with Crippen LogP contribution in [0.5, 0.6) is 0 Å². The predicted molar refractivity (Wildman–Crippen MR) is 145 cm³/mol. The number of likely N-dealkylation sites (tertiary alicyclic amines) is 1. The summed E-state index contributed by atoms with van der Waals surface area (Å²) < 4.78 is 7.46. The van der Waals surface area contributed by atoms with Gasteiger partial charge in [0.2, 0.25) is 0 Å². The van der Waals surface area contributed by atoms with Gasteiger partial charge in [-0.3, -0.25) is 4.79 Å². The lowest BCUT2D eigenvalue weighted by atomic mass is 9.90. The normalized spacial score (nSPS) is 14.5. The highest BCUT2D eigenvalue weighted by Gasteiger charge is 2.32. The summed E-state index contributed by atoms with van der Waals surface area (Å²) in [7, 11) is 0. The number of aromatic nitrogens is 2. The number of amides is 2. The Bertz CT molecular complexity index is 1290. The number of benzene rings is 2. The summed E-state index contributed by atoms with van der Waals surface area (Å²) in [5, 5.41) is 8.33. The largest absolute Gasteiger partial charge is 0.444 e. The van der Waals surface area contributed by atoms with Crippen LogP contribution in [0, 0.1) is 13.8 Å². The molecule has 0 atom stereocenters. The minimum atomic E-state index is -0.538. The van der Waals surface area contributed by atoms with E-state index in [0.29, 0.717) is 43.1 Å². The molecule has 0 radical (unpaired) electrons. The van der Waals surface area contributed by atoms with Gasteiger partial charge in [0.25, 0.3) is 5.91 Å². The van der Waals surface area contributed by atoms with E-state index < -0.39 is 5.60 Å². The molecule has 0 bridgehead atoms. The Balaban J connectivity index is 1.60. The first-order valence-corrected chi connectivity index (χ1v) is 13.1. The van der Waals surface area contributed by atoms with Gasteiger partial charge in [-0.15, -0.1) is 0 Å². The van der Waals surface area contributed by atoms with Gasteiger partial charge in [-0.2, -0.15) is 5.10 Å². The van der Waals surface area contributed by atoms with Crippen molar-refractivity contribution in [2.45, 2.75) is 65.5 Å². The fourth-order valence-corrected chi connectivity index (χ4v) is 4.96. The van der Waals surface area contributed by atoms with Crippen LogP contribution in [0.25, 0.3) is 5.69 Å². The number of nitrogens with one attached hydrogen (secondary N) is 1. The van der Waals surface area contributed by atoms with Crippen molar-refractivity contribution in [3.63, 3.8) is 0 Å². The summed E-state index contributed by atoms with van der Waals surface area (Å²) in [6.45, 7) is 11.2. The van der Waals surface area contributed by atoms with Gasteiger partial charge >= 0.3 is 6.09 Å². The van der Waals surface area contributed by atoms with Gasteiger partial charge in [-0.05, 0) is 76.8 Å². The second-order valence-corrected chi connectivity index (χ2v) is 11.1. The van der Waals surface area contributed by atoms with Crippen LogP contribution < -0.4 is 5.32 Å². The maximum atomic E-state index is 13.4. The molecule has 2 amide bonds. The highest BCUT2D eigenvalue weighted by Crippen LogP contribution is 2.33. The topological polar surface area (TPSA) is 76.5 Å². The summed E-state index contributed by atoms with van der Waals surface area (Å²) in [6, 6.07) is 13.7. The van der Waals surface area contributed by atoms with E-state index in [4.69, 9.17) is 16.3 Å². The number of halogens is 1. The van der Waals surface area contributed by atoms with E-state index in [1.165, 1.54) is 5.56 Å². The standard InChI is InChI=1S/C29H35ClN4O3/c1-19-9-10-25(20(2)15-19)34-26(22-11-13-33(14-12-22)28(36)37-29(3,4)5)24(18-32-34)27(35)31-17-21-7-6-8-23(30)16-21/h6-10,15-16,18,22H,11-14,17H2,1-5H3,(H,31,35). The van der Waals surface area contributed by atoms with Gasteiger partial charge in [-0.1, -0.05) is 41.4 Å². The van der Waals surface area contributed by atoms with Gasteiger partial charge in [-0.25, -0.2) is 9.48 Å². The van der Waals surface area contributed by atoms with Crippen LogP contribution in [0.3, 0.4) is 0 Å². The number of nitrogens with zero attached hydrogens (tertiary/aromatic N) is 3. The van der Waals surface area contributed by atoms with Gasteiger partial charge in [0.05, 0.1) is 23.1 Å². The molecule has 1 N–H and O–H groups in total. The number of aryl methyl sites for hydroxylation is 2. The Morgan fingerprint density at radius 2 is 1.84 bits per heavy atom. The molecule has 2 heterocycles. The average molecular weight is 523 g/mol.